The van der Waals surface area contributed by atoms with E-state index in [0.717, 1.165) is 65.8 Å². The highest BCUT2D eigenvalue weighted by atomic mass is 16.7. The standard InChI is InChI=1S/C21H25N5O2/c1-2-22-21(24-13-15-9-10-18-19(12-15)28-14-27-18)23-11-5-8-20-25-16-6-3-4-7-17(16)26-20/h3-4,6-7,9-10,12H,2,5,8,11,13-14H2,1H3,(H,25,26)(H2,22,23,24). The third-order valence-corrected chi connectivity index (χ3v) is 4.52. The molecule has 3 aromatic rings. The molecule has 28 heavy (non-hydrogen) atoms. The average molecular weight is 379 g/mol. The second-order valence-electron chi connectivity index (χ2n) is 6.61. The van der Waals surface area contributed by atoms with Gasteiger partial charge < -0.3 is 25.1 Å². The summed E-state index contributed by atoms with van der Waals surface area (Å²) in [7, 11) is 0. The average Bonchev–Trinajstić information content (AvgIpc) is 3.34. The zero-order chi connectivity index (χ0) is 19.2. The molecule has 146 valence electrons. The van der Waals surface area contributed by atoms with Gasteiger partial charge in [-0.25, -0.2) is 9.98 Å². The fourth-order valence-electron chi connectivity index (χ4n) is 3.14. The number of rotatable bonds is 7. The molecule has 2 aromatic carbocycles. The Morgan fingerprint density at radius 1 is 1.14 bits per heavy atom. The van der Waals surface area contributed by atoms with Crippen molar-refractivity contribution in [3.8, 4) is 11.5 Å². The Kier molecular flexibility index (Phi) is 5.61. The van der Waals surface area contributed by atoms with Gasteiger partial charge in [0, 0.05) is 19.5 Å². The summed E-state index contributed by atoms with van der Waals surface area (Å²) >= 11 is 0. The summed E-state index contributed by atoms with van der Waals surface area (Å²) in [5.74, 6) is 3.41. The molecule has 0 aliphatic carbocycles. The van der Waals surface area contributed by atoms with Crippen LogP contribution in [0.1, 0.15) is 24.7 Å². The number of para-hydroxylation sites is 2. The summed E-state index contributed by atoms with van der Waals surface area (Å²) in [5.41, 5.74) is 3.19. The predicted molar refractivity (Wildman–Crippen MR) is 110 cm³/mol. The molecule has 0 bridgehead atoms. The van der Waals surface area contributed by atoms with Crippen molar-refractivity contribution in [2.45, 2.75) is 26.3 Å². The van der Waals surface area contributed by atoms with Crippen LogP contribution in [-0.2, 0) is 13.0 Å². The molecule has 1 aliphatic rings. The Morgan fingerprint density at radius 3 is 2.93 bits per heavy atom. The lowest BCUT2D eigenvalue weighted by molar-refractivity contribution is 0.174. The van der Waals surface area contributed by atoms with Crippen LogP contribution in [0.3, 0.4) is 0 Å². The van der Waals surface area contributed by atoms with Crippen molar-refractivity contribution >= 4 is 17.0 Å². The zero-order valence-electron chi connectivity index (χ0n) is 16.0. The van der Waals surface area contributed by atoms with Gasteiger partial charge in [-0.15, -0.1) is 0 Å². The van der Waals surface area contributed by atoms with Gasteiger partial charge in [-0.1, -0.05) is 18.2 Å². The maximum Gasteiger partial charge on any atom is 0.231 e. The number of guanidine groups is 1. The SMILES string of the molecule is CCNC(=NCc1ccc2c(c1)OCO2)NCCCc1nc2ccccc2[nH]1. The summed E-state index contributed by atoms with van der Waals surface area (Å²) in [4.78, 5) is 12.7. The summed E-state index contributed by atoms with van der Waals surface area (Å²) < 4.78 is 10.8. The molecule has 0 saturated carbocycles. The van der Waals surface area contributed by atoms with Crippen LogP contribution in [-0.4, -0.2) is 35.8 Å². The van der Waals surface area contributed by atoms with Crippen molar-refractivity contribution in [2.75, 3.05) is 19.9 Å². The number of aromatic amines is 1. The van der Waals surface area contributed by atoms with Crippen molar-refractivity contribution in [3.05, 3.63) is 53.9 Å². The van der Waals surface area contributed by atoms with Crippen LogP contribution in [0, 0.1) is 0 Å². The highest BCUT2D eigenvalue weighted by Crippen LogP contribution is 2.32. The fourth-order valence-corrected chi connectivity index (χ4v) is 3.14. The van der Waals surface area contributed by atoms with Crippen molar-refractivity contribution < 1.29 is 9.47 Å². The Balaban J connectivity index is 1.28. The number of nitrogens with zero attached hydrogens (tertiary/aromatic N) is 2. The van der Waals surface area contributed by atoms with Crippen LogP contribution in [0.2, 0.25) is 0 Å². The Labute approximate surface area is 164 Å². The molecule has 7 heteroatoms. The first kappa shape index (κ1) is 18.2. The van der Waals surface area contributed by atoms with Gasteiger partial charge in [0.1, 0.15) is 5.82 Å². The number of hydrogen-bond donors (Lipinski definition) is 3. The molecule has 0 saturated heterocycles. The molecule has 0 atom stereocenters. The van der Waals surface area contributed by atoms with Crippen molar-refractivity contribution in [2.24, 2.45) is 4.99 Å². The van der Waals surface area contributed by atoms with Gasteiger partial charge in [0.05, 0.1) is 17.6 Å². The maximum atomic E-state index is 5.43. The second kappa shape index (κ2) is 8.65. The number of imidazole rings is 1. The van der Waals surface area contributed by atoms with E-state index >= 15 is 0 Å². The quantitative estimate of drug-likeness (QED) is 0.334. The van der Waals surface area contributed by atoms with E-state index in [4.69, 9.17) is 9.47 Å². The number of aromatic nitrogens is 2. The molecular formula is C21H25N5O2. The van der Waals surface area contributed by atoms with Crippen LogP contribution in [0.4, 0.5) is 0 Å². The number of benzene rings is 2. The van der Waals surface area contributed by atoms with Gasteiger partial charge >= 0.3 is 0 Å². The van der Waals surface area contributed by atoms with E-state index < -0.39 is 0 Å². The van der Waals surface area contributed by atoms with E-state index in [9.17, 15) is 0 Å². The molecule has 2 heterocycles. The second-order valence-corrected chi connectivity index (χ2v) is 6.61. The first-order valence-electron chi connectivity index (χ1n) is 9.66. The molecule has 1 aromatic heterocycles. The van der Waals surface area contributed by atoms with Gasteiger partial charge in [-0.2, -0.15) is 0 Å². The molecule has 0 fully saturated rings. The van der Waals surface area contributed by atoms with Gasteiger partial charge in [0.15, 0.2) is 17.5 Å². The van der Waals surface area contributed by atoms with Crippen molar-refractivity contribution in [1.82, 2.24) is 20.6 Å². The largest absolute Gasteiger partial charge is 0.454 e. The van der Waals surface area contributed by atoms with E-state index in [1.807, 2.05) is 36.4 Å². The van der Waals surface area contributed by atoms with Crippen LogP contribution in [0.15, 0.2) is 47.5 Å². The lowest BCUT2D eigenvalue weighted by Crippen LogP contribution is -2.37. The molecular weight excluding hydrogens is 354 g/mol. The van der Waals surface area contributed by atoms with Crippen LogP contribution < -0.4 is 20.1 Å². The number of hydrogen-bond acceptors (Lipinski definition) is 4. The first-order valence-corrected chi connectivity index (χ1v) is 9.66. The maximum absolute atomic E-state index is 5.43. The smallest absolute Gasteiger partial charge is 0.231 e. The Morgan fingerprint density at radius 2 is 2.04 bits per heavy atom. The number of aryl methyl sites for hydroxylation is 1. The minimum atomic E-state index is 0.289. The lowest BCUT2D eigenvalue weighted by Gasteiger charge is -2.11. The first-order chi connectivity index (χ1) is 13.8. The number of fused-ring (bicyclic) bond motifs is 2. The molecule has 0 radical (unpaired) electrons. The van der Waals surface area contributed by atoms with Crippen LogP contribution >= 0.6 is 0 Å². The van der Waals surface area contributed by atoms with Crippen LogP contribution in [0.25, 0.3) is 11.0 Å². The normalized spacial score (nSPS) is 13.1. The Bertz CT molecular complexity index is 933. The number of nitrogens with one attached hydrogen (secondary N) is 3. The van der Waals surface area contributed by atoms with Crippen LogP contribution in [0.5, 0.6) is 11.5 Å². The fraction of sp³-hybridized carbons (Fsp3) is 0.333. The molecule has 1 aliphatic heterocycles. The summed E-state index contributed by atoms with van der Waals surface area (Å²) in [6.45, 7) is 4.57. The third kappa shape index (κ3) is 4.36. The van der Waals surface area contributed by atoms with E-state index in [1.165, 1.54) is 0 Å². The minimum Gasteiger partial charge on any atom is -0.454 e. The summed E-state index contributed by atoms with van der Waals surface area (Å²) in [6, 6.07) is 14.0. The number of H-pyrrole nitrogens is 1. The van der Waals surface area contributed by atoms with E-state index in [-0.39, 0.29) is 6.79 Å². The summed E-state index contributed by atoms with van der Waals surface area (Å²) in [6.07, 6.45) is 1.86. The molecule has 0 amide bonds. The highest BCUT2D eigenvalue weighted by Gasteiger charge is 2.13. The number of aliphatic imine (C=N–C) groups is 1. The van der Waals surface area contributed by atoms with Gasteiger partial charge in [-0.05, 0) is 43.2 Å². The minimum absolute atomic E-state index is 0.289. The van der Waals surface area contributed by atoms with Gasteiger partial charge in [-0.3, -0.25) is 0 Å². The third-order valence-electron chi connectivity index (χ3n) is 4.52. The van der Waals surface area contributed by atoms with E-state index in [2.05, 4.69) is 38.6 Å². The number of ether oxygens (including phenoxy) is 2. The molecule has 0 unspecified atom stereocenters. The zero-order valence-corrected chi connectivity index (χ0v) is 16.0. The highest BCUT2D eigenvalue weighted by molar-refractivity contribution is 5.79. The van der Waals surface area contributed by atoms with Gasteiger partial charge in [0.25, 0.3) is 0 Å². The predicted octanol–water partition coefficient (Wildman–Crippen LogP) is 2.98. The van der Waals surface area contributed by atoms with Crippen molar-refractivity contribution in [1.29, 1.82) is 0 Å². The monoisotopic (exact) mass is 379 g/mol. The molecule has 0 spiro atoms. The Hall–Kier alpha value is -3.22. The molecule has 4 rings (SSSR count). The molecule has 3 N–H and O–H groups in total. The topological polar surface area (TPSA) is 83.6 Å². The van der Waals surface area contributed by atoms with Gasteiger partial charge in [0.2, 0.25) is 6.79 Å². The summed E-state index contributed by atoms with van der Waals surface area (Å²) in [5, 5.41) is 6.67. The van der Waals surface area contributed by atoms with Crippen molar-refractivity contribution in [3.63, 3.8) is 0 Å². The van der Waals surface area contributed by atoms with E-state index in [0.29, 0.717) is 6.54 Å². The molecule has 7 nitrogen and oxygen atoms in total. The lowest BCUT2D eigenvalue weighted by atomic mass is 10.2. The van der Waals surface area contributed by atoms with E-state index in [1.54, 1.807) is 0 Å².